The number of aryl methyl sites for hydroxylation is 1. The number of rotatable bonds is 5. The summed E-state index contributed by atoms with van der Waals surface area (Å²) in [5.74, 6) is -1.25. The van der Waals surface area contributed by atoms with Crippen LogP contribution in [0.5, 0.6) is 0 Å². The fraction of sp³-hybridized carbons (Fsp3) is 0.200. The number of aromatic carboxylic acids is 1. The quantitative estimate of drug-likeness (QED) is 0.874. The molecule has 2 rings (SSSR count). The van der Waals surface area contributed by atoms with Gasteiger partial charge in [0.25, 0.3) is 0 Å². The maximum atomic E-state index is 12.0. The molecule has 2 aromatic rings. The third-order valence-electron chi connectivity index (χ3n) is 2.38. The van der Waals surface area contributed by atoms with Gasteiger partial charge in [-0.3, -0.25) is 0 Å². The highest BCUT2D eigenvalue weighted by Gasteiger charge is 2.23. The number of hydrogen-bond donors (Lipinski definition) is 2. The summed E-state index contributed by atoms with van der Waals surface area (Å²) in [5, 5.41) is 10.4. The van der Waals surface area contributed by atoms with Crippen molar-refractivity contribution in [1.82, 2.24) is 9.71 Å². The molecule has 0 spiro atoms. The second-order valence-corrected chi connectivity index (χ2v) is 7.20. The van der Waals surface area contributed by atoms with Gasteiger partial charge in [0.05, 0.1) is 11.2 Å². The molecule has 19 heavy (non-hydrogen) atoms. The smallest absolute Gasteiger partial charge is 0.347 e. The van der Waals surface area contributed by atoms with E-state index in [9.17, 15) is 13.2 Å². The van der Waals surface area contributed by atoms with Crippen LogP contribution in [0.15, 0.2) is 21.9 Å². The normalized spacial score (nSPS) is 11.6. The maximum absolute atomic E-state index is 12.0. The van der Waals surface area contributed by atoms with Crippen molar-refractivity contribution in [3.05, 3.63) is 32.4 Å². The molecule has 2 N–H and O–H groups in total. The van der Waals surface area contributed by atoms with E-state index in [0.717, 1.165) is 21.9 Å². The van der Waals surface area contributed by atoms with E-state index in [-0.39, 0.29) is 16.3 Å². The molecule has 2 heterocycles. The fourth-order valence-corrected chi connectivity index (χ4v) is 4.46. The van der Waals surface area contributed by atoms with Crippen LogP contribution in [0.25, 0.3) is 0 Å². The molecule has 6 nitrogen and oxygen atoms in total. The molecule has 0 fully saturated rings. The Labute approximate surface area is 117 Å². The van der Waals surface area contributed by atoms with E-state index < -0.39 is 16.0 Å². The van der Waals surface area contributed by atoms with Gasteiger partial charge in [-0.1, -0.05) is 0 Å². The molecule has 0 bridgehead atoms. The topological polar surface area (TPSA) is 96.4 Å². The Morgan fingerprint density at radius 2 is 2.21 bits per heavy atom. The Morgan fingerprint density at radius 1 is 1.47 bits per heavy atom. The van der Waals surface area contributed by atoms with Gasteiger partial charge in [0, 0.05) is 11.4 Å². The number of thiazole rings is 1. The molecule has 0 radical (unpaired) electrons. The average Bonchev–Trinajstić information content (AvgIpc) is 2.95. The van der Waals surface area contributed by atoms with Crippen LogP contribution < -0.4 is 4.72 Å². The number of hydrogen-bond acceptors (Lipinski definition) is 6. The summed E-state index contributed by atoms with van der Waals surface area (Å²) in [6.45, 7) is 1.89. The number of carboxylic acids is 1. The van der Waals surface area contributed by atoms with Gasteiger partial charge in [-0.25, -0.2) is 22.9 Å². The predicted octanol–water partition coefficient (Wildman–Crippen LogP) is 1.69. The molecule has 0 aromatic carbocycles. The Kier molecular flexibility index (Phi) is 3.99. The van der Waals surface area contributed by atoms with Gasteiger partial charge in [-0.05, 0) is 18.4 Å². The summed E-state index contributed by atoms with van der Waals surface area (Å²) >= 11 is 2.23. The SMILES string of the molecule is Cc1ncsc1CNS(=O)(=O)c1ccsc1C(=O)O. The second-order valence-electron chi connectivity index (χ2n) is 3.60. The van der Waals surface area contributed by atoms with Gasteiger partial charge in [-0.2, -0.15) is 0 Å². The molecule has 0 saturated heterocycles. The van der Waals surface area contributed by atoms with Gasteiger partial charge in [-0.15, -0.1) is 22.7 Å². The number of nitrogens with one attached hydrogen (secondary N) is 1. The summed E-state index contributed by atoms with van der Waals surface area (Å²) in [5.41, 5.74) is 2.39. The van der Waals surface area contributed by atoms with E-state index >= 15 is 0 Å². The molecule has 0 amide bonds. The first-order valence-corrected chi connectivity index (χ1v) is 8.35. The largest absolute Gasteiger partial charge is 0.477 e. The molecule has 0 atom stereocenters. The van der Waals surface area contributed by atoms with E-state index in [4.69, 9.17) is 5.11 Å². The highest BCUT2D eigenvalue weighted by atomic mass is 32.2. The summed E-state index contributed by atoms with van der Waals surface area (Å²) in [6.07, 6.45) is 0. The fourth-order valence-electron chi connectivity index (χ4n) is 1.40. The Morgan fingerprint density at radius 3 is 2.79 bits per heavy atom. The summed E-state index contributed by atoms with van der Waals surface area (Å²) in [7, 11) is -3.83. The molecule has 0 aliphatic rings. The van der Waals surface area contributed by atoms with Gasteiger partial charge in [0.2, 0.25) is 10.0 Å². The lowest BCUT2D eigenvalue weighted by molar-refractivity contribution is 0.0698. The van der Waals surface area contributed by atoms with Crippen molar-refractivity contribution in [2.24, 2.45) is 0 Å². The van der Waals surface area contributed by atoms with Crippen molar-refractivity contribution in [2.75, 3.05) is 0 Å². The lowest BCUT2D eigenvalue weighted by Crippen LogP contribution is -2.24. The van der Waals surface area contributed by atoms with Gasteiger partial charge >= 0.3 is 5.97 Å². The summed E-state index contributed by atoms with van der Waals surface area (Å²) in [6, 6.07) is 1.29. The number of aromatic nitrogens is 1. The number of carbonyl (C=O) groups is 1. The number of carboxylic acid groups (broad SMARTS) is 1. The zero-order valence-corrected chi connectivity index (χ0v) is 12.2. The Bertz CT molecular complexity index is 702. The highest BCUT2D eigenvalue weighted by Crippen LogP contribution is 2.22. The zero-order valence-electron chi connectivity index (χ0n) is 9.78. The molecule has 0 aliphatic carbocycles. The molecular weight excluding hydrogens is 308 g/mol. The molecule has 9 heteroatoms. The van der Waals surface area contributed by atoms with Crippen molar-refractivity contribution in [2.45, 2.75) is 18.4 Å². The van der Waals surface area contributed by atoms with Crippen LogP contribution in [0.4, 0.5) is 0 Å². The standard InChI is InChI=1S/C10H10N2O4S3/c1-6-7(18-5-11-6)4-12-19(15,16)8-2-3-17-9(8)10(13)14/h2-3,5,12H,4H2,1H3,(H,13,14). The number of thiophene rings is 1. The molecule has 0 unspecified atom stereocenters. The summed E-state index contributed by atoms with van der Waals surface area (Å²) in [4.78, 5) is 15.4. The lowest BCUT2D eigenvalue weighted by Gasteiger charge is -2.05. The Balaban J connectivity index is 2.21. The van der Waals surface area contributed by atoms with E-state index in [1.807, 2.05) is 0 Å². The van der Waals surface area contributed by atoms with Crippen LogP contribution in [0.1, 0.15) is 20.2 Å². The van der Waals surface area contributed by atoms with Crippen molar-refractivity contribution < 1.29 is 18.3 Å². The van der Waals surface area contributed by atoms with E-state index in [1.54, 1.807) is 12.4 Å². The minimum Gasteiger partial charge on any atom is -0.477 e. The van der Waals surface area contributed by atoms with Crippen LogP contribution in [0.3, 0.4) is 0 Å². The van der Waals surface area contributed by atoms with Crippen LogP contribution in [-0.2, 0) is 16.6 Å². The number of sulfonamides is 1. The van der Waals surface area contributed by atoms with Crippen molar-refractivity contribution >= 4 is 38.7 Å². The number of nitrogens with zero attached hydrogens (tertiary/aromatic N) is 1. The van der Waals surface area contributed by atoms with Crippen molar-refractivity contribution in [1.29, 1.82) is 0 Å². The first kappa shape index (κ1) is 14.1. The van der Waals surface area contributed by atoms with Gasteiger partial charge in [0.1, 0.15) is 9.77 Å². The van der Waals surface area contributed by atoms with Crippen molar-refractivity contribution in [3.8, 4) is 0 Å². The first-order chi connectivity index (χ1) is 8.92. The maximum Gasteiger partial charge on any atom is 0.347 e. The first-order valence-electron chi connectivity index (χ1n) is 5.11. The molecular formula is C10H10N2O4S3. The monoisotopic (exact) mass is 318 g/mol. The summed E-state index contributed by atoms with van der Waals surface area (Å²) < 4.78 is 26.5. The second kappa shape index (κ2) is 5.37. The lowest BCUT2D eigenvalue weighted by atomic mass is 10.4. The van der Waals surface area contributed by atoms with E-state index in [2.05, 4.69) is 9.71 Å². The molecule has 0 aliphatic heterocycles. The zero-order chi connectivity index (χ0) is 14.0. The van der Waals surface area contributed by atoms with E-state index in [0.29, 0.717) is 0 Å². The third-order valence-corrected chi connectivity index (χ3v) is 5.79. The predicted molar refractivity (Wildman–Crippen MR) is 72.2 cm³/mol. The van der Waals surface area contributed by atoms with Crippen LogP contribution >= 0.6 is 22.7 Å². The van der Waals surface area contributed by atoms with Crippen LogP contribution in [-0.4, -0.2) is 24.5 Å². The molecule has 0 saturated carbocycles. The van der Waals surface area contributed by atoms with Crippen LogP contribution in [0.2, 0.25) is 0 Å². The van der Waals surface area contributed by atoms with E-state index in [1.165, 1.54) is 22.8 Å². The average molecular weight is 318 g/mol. The van der Waals surface area contributed by atoms with Gasteiger partial charge < -0.3 is 5.11 Å². The Hall–Kier alpha value is -1.29. The van der Waals surface area contributed by atoms with Crippen LogP contribution in [0, 0.1) is 6.92 Å². The molecule has 102 valence electrons. The highest BCUT2D eigenvalue weighted by molar-refractivity contribution is 7.89. The minimum absolute atomic E-state index is 0.105. The van der Waals surface area contributed by atoms with Crippen molar-refractivity contribution in [3.63, 3.8) is 0 Å². The minimum atomic E-state index is -3.83. The van der Waals surface area contributed by atoms with Gasteiger partial charge in [0.15, 0.2) is 0 Å². The molecule has 2 aromatic heterocycles. The third kappa shape index (κ3) is 3.00.